The van der Waals surface area contributed by atoms with E-state index in [2.05, 4.69) is 10.3 Å². The number of carbonyl (C=O) groups excluding carboxylic acids is 1. The van der Waals surface area contributed by atoms with Crippen LogP contribution < -0.4 is 10.1 Å². The van der Waals surface area contributed by atoms with Crippen molar-refractivity contribution in [2.24, 2.45) is 5.92 Å². The van der Waals surface area contributed by atoms with Crippen molar-refractivity contribution < 1.29 is 22.7 Å². The van der Waals surface area contributed by atoms with E-state index >= 15 is 0 Å². The molecule has 0 saturated heterocycles. The molecule has 4 nitrogen and oxygen atoms in total. The molecule has 1 aromatic heterocycles. The molecule has 1 heterocycles. The largest absolute Gasteiger partial charge is 0.474 e. The Bertz CT molecular complexity index is 547. The third-order valence-corrected chi connectivity index (χ3v) is 4.32. The molecule has 1 N–H and O–H groups in total. The number of aromatic nitrogens is 1. The van der Waals surface area contributed by atoms with Crippen LogP contribution in [0.15, 0.2) is 18.3 Å². The first-order valence-electron chi connectivity index (χ1n) is 7.92. The molecular formula is C16H19F3N2O2. The SMILES string of the molecule is O=C(NC1CCC(Oc2ccc(C(F)(F)F)cn2)CC1)C1CC1. The van der Waals surface area contributed by atoms with Gasteiger partial charge in [0.2, 0.25) is 11.8 Å². The van der Waals surface area contributed by atoms with Gasteiger partial charge in [-0.25, -0.2) is 4.98 Å². The number of halogens is 3. The van der Waals surface area contributed by atoms with Gasteiger partial charge in [0.15, 0.2) is 0 Å². The molecule has 2 fully saturated rings. The van der Waals surface area contributed by atoms with Crippen molar-refractivity contribution in [2.45, 2.75) is 56.8 Å². The lowest BCUT2D eigenvalue weighted by atomic mass is 9.93. The third-order valence-electron chi connectivity index (χ3n) is 4.32. The zero-order chi connectivity index (χ0) is 16.4. The van der Waals surface area contributed by atoms with Crippen LogP contribution in [-0.2, 0) is 11.0 Å². The van der Waals surface area contributed by atoms with Crippen molar-refractivity contribution >= 4 is 5.91 Å². The summed E-state index contributed by atoms with van der Waals surface area (Å²) in [5, 5.41) is 3.05. The van der Waals surface area contributed by atoms with E-state index in [1.807, 2.05) is 0 Å². The molecule has 0 aliphatic heterocycles. The molecule has 7 heteroatoms. The number of nitrogens with zero attached hydrogens (tertiary/aromatic N) is 1. The molecule has 1 amide bonds. The van der Waals surface area contributed by atoms with Crippen LogP contribution in [0, 0.1) is 5.92 Å². The Labute approximate surface area is 132 Å². The summed E-state index contributed by atoms with van der Waals surface area (Å²) in [5.41, 5.74) is -0.781. The van der Waals surface area contributed by atoms with Crippen LogP contribution in [-0.4, -0.2) is 23.0 Å². The first kappa shape index (κ1) is 16.1. The average Bonchev–Trinajstić information content (AvgIpc) is 3.34. The summed E-state index contributed by atoms with van der Waals surface area (Å²) in [6, 6.07) is 2.41. The molecule has 0 unspecified atom stereocenters. The Morgan fingerprint density at radius 3 is 2.35 bits per heavy atom. The molecule has 0 atom stereocenters. The summed E-state index contributed by atoms with van der Waals surface area (Å²) < 4.78 is 43.1. The fourth-order valence-corrected chi connectivity index (χ4v) is 2.78. The van der Waals surface area contributed by atoms with E-state index in [4.69, 9.17) is 4.74 Å². The molecule has 126 valence electrons. The van der Waals surface area contributed by atoms with Crippen LogP contribution in [0.3, 0.4) is 0 Å². The molecule has 0 aromatic carbocycles. The van der Waals surface area contributed by atoms with E-state index in [9.17, 15) is 18.0 Å². The van der Waals surface area contributed by atoms with Crippen LogP contribution in [0.4, 0.5) is 13.2 Å². The Kier molecular flexibility index (Phi) is 4.46. The summed E-state index contributed by atoms with van der Waals surface area (Å²) in [6.45, 7) is 0. The van der Waals surface area contributed by atoms with Crippen molar-refractivity contribution in [1.29, 1.82) is 0 Å². The molecule has 0 bridgehead atoms. The number of ether oxygens (including phenoxy) is 1. The number of amides is 1. The highest BCUT2D eigenvalue weighted by Gasteiger charge is 2.33. The van der Waals surface area contributed by atoms with Gasteiger partial charge in [0.1, 0.15) is 6.10 Å². The normalized spacial score (nSPS) is 25.0. The van der Waals surface area contributed by atoms with Gasteiger partial charge in [0.05, 0.1) is 5.56 Å². The second kappa shape index (κ2) is 6.37. The summed E-state index contributed by atoms with van der Waals surface area (Å²) >= 11 is 0. The van der Waals surface area contributed by atoms with Gasteiger partial charge in [-0.3, -0.25) is 4.79 Å². The van der Waals surface area contributed by atoms with Crippen molar-refractivity contribution in [1.82, 2.24) is 10.3 Å². The standard InChI is InChI=1S/C16H19F3N2O2/c17-16(18,19)11-3-8-14(20-9-11)23-13-6-4-12(5-7-13)21-15(22)10-1-2-10/h3,8-10,12-13H,1-2,4-7H2,(H,21,22). The van der Waals surface area contributed by atoms with E-state index in [1.165, 1.54) is 6.07 Å². The van der Waals surface area contributed by atoms with Crippen molar-refractivity contribution in [3.05, 3.63) is 23.9 Å². The smallest absolute Gasteiger partial charge is 0.417 e. The second-order valence-corrected chi connectivity index (χ2v) is 6.26. The number of hydrogen-bond acceptors (Lipinski definition) is 3. The van der Waals surface area contributed by atoms with Crippen LogP contribution >= 0.6 is 0 Å². The molecule has 2 aliphatic carbocycles. The van der Waals surface area contributed by atoms with Crippen LogP contribution in [0.25, 0.3) is 0 Å². The van der Waals surface area contributed by atoms with E-state index in [-0.39, 0.29) is 29.9 Å². The highest BCUT2D eigenvalue weighted by atomic mass is 19.4. The van der Waals surface area contributed by atoms with Crippen molar-refractivity contribution in [2.75, 3.05) is 0 Å². The Hall–Kier alpha value is -1.79. The molecule has 1 aromatic rings. The maximum atomic E-state index is 12.5. The van der Waals surface area contributed by atoms with E-state index in [0.29, 0.717) is 0 Å². The second-order valence-electron chi connectivity index (χ2n) is 6.26. The number of carbonyl (C=O) groups is 1. The Morgan fingerprint density at radius 1 is 1.13 bits per heavy atom. The fourth-order valence-electron chi connectivity index (χ4n) is 2.78. The summed E-state index contributed by atoms with van der Waals surface area (Å²) in [5.74, 6) is 0.572. The number of rotatable bonds is 4. The van der Waals surface area contributed by atoms with Crippen LogP contribution in [0.2, 0.25) is 0 Å². The van der Waals surface area contributed by atoms with Gasteiger partial charge in [-0.2, -0.15) is 13.2 Å². The topological polar surface area (TPSA) is 51.2 Å². The minimum Gasteiger partial charge on any atom is -0.474 e. The molecule has 23 heavy (non-hydrogen) atoms. The molecule has 0 spiro atoms. The van der Waals surface area contributed by atoms with Crippen LogP contribution in [0.1, 0.15) is 44.1 Å². The lowest BCUT2D eigenvalue weighted by Crippen LogP contribution is -2.40. The summed E-state index contributed by atoms with van der Waals surface area (Å²) in [6.07, 6.45) is 1.49. The van der Waals surface area contributed by atoms with E-state index in [0.717, 1.165) is 50.8 Å². The maximum absolute atomic E-state index is 12.5. The quantitative estimate of drug-likeness (QED) is 0.922. The van der Waals surface area contributed by atoms with E-state index in [1.54, 1.807) is 0 Å². The zero-order valence-electron chi connectivity index (χ0n) is 12.6. The van der Waals surface area contributed by atoms with Gasteiger partial charge in [-0.05, 0) is 44.6 Å². The first-order chi connectivity index (χ1) is 10.9. The van der Waals surface area contributed by atoms with Gasteiger partial charge in [-0.1, -0.05) is 0 Å². The molecule has 3 rings (SSSR count). The van der Waals surface area contributed by atoms with Gasteiger partial charge in [0, 0.05) is 24.2 Å². The van der Waals surface area contributed by atoms with Crippen molar-refractivity contribution in [3.63, 3.8) is 0 Å². The zero-order valence-corrected chi connectivity index (χ0v) is 12.6. The Morgan fingerprint density at radius 2 is 1.83 bits per heavy atom. The molecule has 2 saturated carbocycles. The lowest BCUT2D eigenvalue weighted by molar-refractivity contribution is -0.137. The minimum atomic E-state index is -4.39. The minimum absolute atomic E-state index is 0.0617. The van der Waals surface area contributed by atoms with Gasteiger partial charge in [0.25, 0.3) is 0 Å². The first-order valence-corrected chi connectivity index (χ1v) is 7.92. The van der Waals surface area contributed by atoms with E-state index < -0.39 is 11.7 Å². The summed E-state index contributed by atoms with van der Waals surface area (Å²) in [4.78, 5) is 15.4. The molecular weight excluding hydrogens is 309 g/mol. The van der Waals surface area contributed by atoms with Gasteiger partial charge in [-0.15, -0.1) is 0 Å². The maximum Gasteiger partial charge on any atom is 0.417 e. The highest BCUT2D eigenvalue weighted by Crippen LogP contribution is 2.31. The third kappa shape index (κ3) is 4.36. The number of hydrogen-bond donors (Lipinski definition) is 1. The average molecular weight is 328 g/mol. The number of nitrogens with one attached hydrogen (secondary N) is 1. The monoisotopic (exact) mass is 328 g/mol. The van der Waals surface area contributed by atoms with Crippen molar-refractivity contribution in [3.8, 4) is 5.88 Å². The number of pyridine rings is 1. The lowest BCUT2D eigenvalue weighted by Gasteiger charge is -2.29. The predicted octanol–water partition coefficient (Wildman–Crippen LogP) is 3.32. The molecule has 2 aliphatic rings. The van der Waals surface area contributed by atoms with Gasteiger partial charge < -0.3 is 10.1 Å². The molecule has 0 radical (unpaired) electrons. The fraction of sp³-hybridized carbons (Fsp3) is 0.625. The Balaban J connectivity index is 1.45. The summed E-state index contributed by atoms with van der Waals surface area (Å²) in [7, 11) is 0. The van der Waals surface area contributed by atoms with Crippen LogP contribution in [0.5, 0.6) is 5.88 Å². The van der Waals surface area contributed by atoms with Gasteiger partial charge >= 0.3 is 6.18 Å². The highest BCUT2D eigenvalue weighted by molar-refractivity contribution is 5.81. The number of alkyl halides is 3. The predicted molar refractivity (Wildman–Crippen MR) is 76.8 cm³/mol.